The normalized spacial score (nSPS) is 15.7. The quantitative estimate of drug-likeness (QED) is 0.416. The van der Waals surface area contributed by atoms with Gasteiger partial charge in [0, 0.05) is 19.2 Å². The summed E-state index contributed by atoms with van der Waals surface area (Å²) < 4.78 is 34.3. The lowest BCUT2D eigenvalue weighted by Crippen LogP contribution is -2.45. The highest BCUT2D eigenvalue weighted by atomic mass is 32.2. The number of ether oxygens (including phenoxy) is 1. The van der Waals surface area contributed by atoms with Crippen LogP contribution >= 0.6 is 0 Å². The largest absolute Gasteiger partial charge is 0.494 e. The van der Waals surface area contributed by atoms with E-state index in [-0.39, 0.29) is 23.8 Å². The Kier molecular flexibility index (Phi) is 7.94. The molecule has 0 bridgehead atoms. The van der Waals surface area contributed by atoms with Gasteiger partial charge in [0.05, 0.1) is 23.6 Å². The van der Waals surface area contributed by atoms with Crippen LogP contribution in [0.5, 0.6) is 5.75 Å². The number of anilines is 2. The molecule has 9 nitrogen and oxygen atoms in total. The highest BCUT2D eigenvalue weighted by Gasteiger charge is 2.47. The van der Waals surface area contributed by atoms with Crippen molar-refractivity contribution in [3.63, 3.8) is 0 Å². The van der Waals surface area contributed by atoms with Crippen LogP contribution in [0.15, 0.2) is 77.7 Å². The van der Waals surface area contributed by atoms with Crippen LogP contribution in [-0.2, 0) is 31.0 Å². The molecule has 3 amide bonds. The number of hydrogen-bond acceptors (Lipinski definition) is 6. The molecule has 0 aliphatic carbocycles. The first-order chi connectivity index (χ1) is 18.1. The van der Waals surface area contributed by atoms with Crippen molar-refractivity contribution in [2.45, 2.75) is 44.7 Å². The zero-order valence-electron chi connectivity index (χ0n) is 21.4. The number of hydrogen-bond donors (Lipinski definition) is 1. The molecule has 3 aromatic carbocycles. The Morgan fingerprint density at radius 2 is 1.63 bits per heavy atom. The van der Waals surface area contributed by atoms with Crippen LogP contribution in [0.1, 0.15) is 31.4 Å². The molecule has 1 unspecified atom stereocenters. The fourth-order valence-corrected chi connectivity index (χ4v) is 5.82. The summed E-state index contributed by atoms with van der Waals surface area (Å²) in [6.45, 7) is 5.50. The second-order valence-corrected chi connectivity index (χ2v) is 10.8. The van der Waals surface area contributed by atoms with Crippen LogP contribution in [0, 0.1) is 6.92 Å². The molecule has 1 heterocycles. The van der Waals surface area contributed by atoms with Crippen LogP contribution < -0.4 is 15.0 Å². The Morgan fingerprint density at radius 3 is 2.21 bits per heavy atom. The van der Waals surface area contributed by atoms with Crippen molar-refractivity contribution in [3.8, 4) is 5.75 Å². The number of nitrogens with one attached hydrogen (secondary N) is 1. The topological polar surface area (TPSA) is 113 Å². The first kappa shape index (κ1) is 27.0. The predicted molar refractivity (Wildman–Crippen MR) is 143 cm³/mol. The summed E-state index contributed by atoms with van der Waals surface area (Å²) in [6, 6.07) is 18.3. The smallest absolute Gasteiger partial charge is 0.252 e. The second kappa shape index (κ2) is 11.2. The van der Waals surface area contributed by atoms with Crippen molar-refractivity contribution in [1.29, 1.82) is 0 Å². The van der Waals surface area contributed by atoms with Crippen molar-refractivity contribution < 1.29 is 27.5 Å². The molecule has 1 saturated heterocycles. The van der Waals surface area contributed by atoms with E-state index in [1.165, 1.54) is 31.2 Å². The third-order valence-corrected chi connectivity index (χ3v) is 7.99. The number of imide groups is 1. The van der Waals surface area contributed by atoms with Gasteiger partial charge in [-0.2, -0.15) is 4.31 Å². The number of sulfonamides is 1. The Bertz CT molecular complexity index is 1440. The highest BCUT2D eigenvalue weighted by Crippen LogP contribution is 2.32. The molecular formula is C28H29N3O6S. The van der Waals surface area contributed by atoms with Gasteiger partial charge in [-0.3, -0.25) is 14.4 Å². The van der Waals surface area contributed by atoms with E-state index in [0.29, 0.717) is 29.3 Å². The van der Waals surface area contributed by atoms with Crippen molar-refractivity contribution in [2.24, 2.45) is 0 Å². The minimum absolute atomic E-state index is 0.0570. The first-order valence-corrected chi connectivity index (χ1v) is 13.6. The molecule has 0 spiro atoms. The number of amides is 3. The molecule has 4 rings (SSSR count). The van der Waals surface area contributed by atoms with E-state index >= 15 is 0 Å². The molecule has 3 aromatic rings. The molecule has 0 saturated carbocycles. The third kappa shape index (κ3) is 5.76. The lowest BCUT2D eigenvalue weighted by Gasteiger charge is -2.27. The molecule has 1 atom stereocenters. The SMILES string of the molecule is CCOc1ccc(N2C(=O)CC(N(Cc3ccc(C)cc3)S(=O)(=O)c3ccc(NC(C)=O)cc3)C2=O)cc1. The van der Waals surface area contributed by atoms with Crippen molar-refractivity contribution in [2.75, 3.05) is 16.8 Å². The number of nitrogens with zero attached hydrogens (tertiary/aromatic N) is 2. The number of aryl methyl sites for hydroxylation is 1. The van der Waals surface area contributed by atoms with Crippen LogP contribution in [-0.4, -0.2) is 43.1 Å². The molecule has 1 aliphatic rings. The Hall–Kier alpha value is -4.02. The van der Waals surface area contributed by atoms with Gasteiger partial charge in [0.2, 0.25) is 21.8 Å². The van der Waals surface area contributed by atoms with Gasteiger partial charge >= 0.3 is 0 Å². The predicted octanol–water partition coefficient (Wildman–Crippen LogP) is 3.88. The minimum Gasteiger partial charge on any atom is -0.494 e. The molecule has 1 N–H and O–H groups in total. The molecule has 1 fully saturated rings. The summed E-state index contributed by atoms with van der Waals surface area (Å²) in [7, 11) is -4.21. The lowest BCUT2D eigenvalue weighted by atomic mass is 10.1. The molecule has 0 aromatic heterocycles. The van der Waals surface area contributed by atoms with Gasteiger partial charge in [-0.25, -0.2) is 13.3 Å². The van der Waals surface area contributed by atoms with Crippen molar-refractivity contribution >= 4 is 39.1 Å². The van der Waals surface area contributed by atoms with E-state index in [1.807, 2.05) is 26.0 Å². The van der Waals surface area contributed by atoms with Gasteiger partial charge < -0.3 is 10.1 Å². The lowest BCUT2D eigenvalue weighted by molar-refractivity contribution is -0.122. The number of carbonyl (C=O) groups excluding carboxylic acids is 3. The van der Waals surface area contributed by atoms with Crippen LogP contribution in [0.25, 0.3) is 0 Å². The van der Waals surface area contributed by atoms with Gasteiger partial charge in [-0.05, 0) is 67.9 Å². The molecular weight excluding hydrogens is 506 g/mol. The van der Waals surface area contributed by atoms with E-state index in [2.05, 4.69) is 5.32 Å². The van der Waals surface area contributed by atoms with Crippen LogP contribution in [0.3, 0.4) is 0 Å². The molecule has 10 heteroatoms. The highest BCUT2D eigenvalue weighted by molar-refractivity contribution is 7.89. The summed E-state index contributed by atoms with van der Waals surface area (Å²) in [5, 5.41) is 2.60. The Morgan fingerprint density at radius 1 is 1.00 bits per heavy atom. The van der Waals surface area contributed by atoms with Gasteiger partial charge in [-0.15, -0.1) is 0 Å². The van der Waals surface area contributed by atoms with E-state index in [0.717, 1.165) is 14.8 Å². The number of rotatable bonds is 9. The first-order valence-electron chi connectivity index (χ1n) is 12.1. The van der Waals surface area contributed by atoms with Gasteiger partial charge in [0.15, 0.2) is 0 Å². The Balaban J connectivity index is 1.69. The average Bonchev–Trinajstić information content (AvgIpc) is 3.17. The van der Waals surface area contributed by atoms with E-state index < -0.39 is 27.9 Å². The fraction of sp³-hybridized carbons (Fsp3) is 0.250. The van der Waals surface area contributed by atoms with E-state index in [4.69, 9.17) is 4.74 Å². The van der Waals surface area contributed by atoms with Crippen LogP contribution in [0.2, 0.25) is 0 Å². The summed E-state index contributed by atoms with van der Waals surface area (Å²) in [5.74, 6) is -0.803. The van der Waals surface area contributed by atoms with Crippen molar-refractivity contribution in [3.05, 3.63) is 83.9 Å². The number of carbonyl (C=O) groups is 3. The molecule has 1 aliphatic heterocycles. The third-order valence-electron chi connectivity index (χ3n) is 6.12. The summed E-state index contributed by atoms with van der Waals surface area (Å²) in [6.07, 6.45) is -0.291. The summed E-state index contributed by atoms with van der Waals surface area (Å²) >= 11 is 0. The molecule has 0 radical (unpaired) electrons. The van der Waals surface area contributed by atoms with Gasteiger partial charge in [0.1, 0.15) is 11.8 Å². The zero-order valence-corrected chi connectivity index (χ0v) is 22.2. The fourth-order valence-electron chi connectivity index (χ4n) is 4.26. The maximum atomic E-state index is 13.9. The minimum atomic E-state index is -4.21. The average molecular weight is 536 g/mol. The Labute approximate surface area is 222 Å². The maximum Gasteiger partial charge on any atom is 0.252 e. The van der Waals surface area contributed by atoms with Gasteiger partial charge in [-0.1, -0.05) is 29.8 Å². The second-order valence-electron chi connectivity index (χ2n) is 8.96. The standard InChI is InChI=1S/C28H29N3O6S/c1-4-37-24-13-11-23(12-14-24)31-27(33)17-26(28(31)34)30(18-21-7-5-19(2)6-8-21)38(35,36)25-15-9-22(10-16-25)29-20(3)32/h5-16,26H,4,17-18H2,1-3H3,(H,29,32). The zero-order chi connectivity index (χ0) is 27.4. The van der Waals surface area contributed by atoms with E-state index in [9.17, 15) is 22.8 Å². The van der Waals surface area contributed by atoms with Gasteiger partial charge in [0.25, 0.3) is 5.91 Å². The molecule has 38 heavy (non-hydrogen) atoms. The van der Waals surface area contributed by atoms with Crippen molar-refractivity contribution in [1.82, 2.24) is 4.31 Å². The monoisotopic (exact) mass is 535 g/mol. The maximum absolute atomic E-state index is 13.9. The summed E-state index contributed by atoms with van der Waals surface area (Å²) in [4.78, 5) is 38.9. The van der Waals surface area contributed by atoms with E-state index in [1.54, 1.807) is 36.4 Å². The van der Waals surface area contributed by atoms with Crippen LogP contribution in [0.4, 0.5) is 11.4 Å². The molecule has 198 valence electrons. The number of benzene rings is 3. The summed E-state index contributed by atoms with van der Waals surface area (Å²) in [5.41, 5.74) is 2.47.